The Labute approximate surface area is 120 Å². The highest BCUT2D eigenvalue weighted by molar-refractivity contribution is 6.03. The van der Waals surface area contributed by atoms with Gasteiger partial charge in [0.25, 0.3) is 0 Å². The van der Waals surface area contributed by atoms with Gasteiger partial charge in [-0.3, -0.25) is 4.79 Å². The Bertz CT molecular complexity index is 505. The molecule has 21 heavy (non-hydrogen) atoms. The first-order valence-corrected chi connectivity index (χ1v) is 6.76. The van der Waals surface area contributed by atoms with Gasteiger partial charge in [0, 0.05) is 5.56 Å². The van der Waals surface area contributed by atoms with E-state index in [2.05, 4.69) is 0 Å². The van der Waals surface area contributed by atoms with Crippen LogP contribution in [0.5, 0.6) is 0 Å². The summed E-state index contributed by atoms with van der Waals surface area (Å²) in [7, 11) is 0. The van der Waals surface area contributed by atoms with Crippen LogP contribution in [0.2, 0.25) is 0 Å². The third kappa shape index (κ3) is 3.60. The van der Waals surface area contributed by atoms with Gasteiger partial charge < -0.3 is 0 Å². The van der Waals surface area contributed by atoms with Crippen LogP contribution in [0.4, 0.5) is 22.0 Å². The van der Waals surface area contributed by atoms with Crippen molar-refractivity contribution in [2.45, 2.75) is 51.6 Å². The van der Waals surface area contributed by atoms with Gasteiger partial charge in [0.2, 0.25) is 5.78 Å². The summed E-state index contributed by atoms with van der Waals surface area (Å²) in [6, 6.07) is 4.06. The van der Waals surface area contributed by atoms with Crippen LogP contribution in [0.3, 0.4) is 0 Å². The Morgan fingerprint density at radius 2 is 1.57 bits per heavy atom. The number of carbonyl (C=O) groups is 1. The van der Waals surface area contributed by atoms with Crippen molar-refractivity contribution in [3.63, 3.8) is 0 Å². The third-order valence-electron chi connectivity index (χ3n) is 3.18. The standard InChI is InChI=1S/C15H17F5O/c1-3-6-10-8-5-9-12(11(10)7-4-2)13(21)14(16,17)15(18,19)20/h5,8-9H,3-4,6-7H2,1-2H3. The molecule has 1 rings (SSSR count). The molecule has 0 bridgehead atoms. The summed E-state index contributed by atoms with van der Waals surface area (Å²) in [5, 5.41) is 0. The molecule has 1 aromatic carbocycles. The molecule has 0 atom stereocenters. The first kappa shape index (κ1) is 17.6. The predicted molar refractivity (Wildman–Crippen MR) is 69.8 cm³/mol. The molecule has 1 nitrogen and oxygen atoms in total. The molecule has 0 radical (unpaired) electrons. The van der Waals surface area contributed by atoms with Crippen LogP contribution in [0.25, 0.3) is 0 Å². The summed E-state index contributed by atoms with van der Waals surface area (Å²) in [5.74, 6) is -7.53. The maximum atomic E-state index is 13.3. The minimum atomic E-state index is -5.88. The molecular weight excluding hydrogens is 291 g/mol. The first-order chi connectivity index (χ1) is 9.66. The van der Waals surface area contributed by atoms with Crippen LogP contribution >= 0.6 is 0 Å². The Hall–Kier alpha value is -1.46. The van der Waals surface area contributed by atoms with E-state index >= 15 is 0 Å². The van der Waals surface area contributed by atoms with Crippen molar-refractivity contribution in [3.05, 3.63) is 34.9 Å². The number of ketones is 1. The van der Waals surface area contributed by atoms with E-state index in [0.717, 1.165) is 6.07 Å². The zero-order valence-electron chi connectivity index (χ0n) is 11.9. The van der Waals surface area contributed by atoms with Crippen LogP contribution in [0.1, 0.15) is 48.2 Å². The van der Waals surface area contributed by atoms with Crippen molar-refractivity contribution in [1.29, 1.82) is 0 Å². The van der Waals surface area contributed by atoms with Gasteiger partial charge in [-0.25, -0.2) is 0 Å². The number of carbonyl (C=O) groups excluding carboxylic acids is 1. The number of hydrogen-bond donors (Lipinski definition) is 0. The smallest absolute Gasteiger partial charge is 0.287 e. The fraction of sp³-hybridized carbons (Fsp3) is 0.533. The van der Waals surface area contributed by atoms with Crippen molar-refractivity contribution < 1.29 is 26.7 Å². The van der Waals surface area contributed by atoms with Crippen LogP contribution in [0.15, 0.2) is 18.2 Å². The lowest BCUT2D eigenvalue weighted by atomic mass is 9.90. The summed E-state index contributed by atoms with van der Waals surface area (Å²) < 4.78 is 63.6. The normalized spacial score (nSPS) is 12.5. The van der Waals surface area contributed by atoms with E-state index in [-0.39, 0.29) is 0 Å². The van der Waals surface area contributed by atoms with Crippen molar-refractivity contribution in [2.24, 2.45) is 0 Å². The van der Waals surface area contributed by atoms with Crippen LogP contribution < -0.4 is 0 Å². The molecule has 6 heteroatoms. The first-order valence-electron chi connectivity index (χ1n) is 6.76. The highest BCUT2D eigenvalue weighted by atomic mass is 19.4. The molecule has 0 fully saturated rings. The van der Waals surface area contributed by atoms with Crippen molar-refractivity contribution in [3.8, 4) is 0 Å². The molecule has 0 spiro atoms. The van der Waals surface area contributed by atoms with E-state index in [1.807, 2.05) is 6.92 Å². The number of halogens is 5. The Balaban J connectivity index is 3.35. The predicted octanol–water partition coefficient (Wildman–Crippen LogP) is 4.97. The molecule has 0 aliphatic heterocycles. The number of benzene rings is 1. The molecule has 0 unspecified atom stereocenters. The van der Waals surface area contributed by atoms with Gasteiger partial charge in [0.15, 0.2) is 0 Å². The quantitative estimate of drug-likeness (QED) is 0.535. The minimum Gasteiger partial charge on any atom is -0.287 e. The molecule has 1 aromatic rings. The second kappa shape index (κ2) is 6.54. The molecule has 0 N–H and O–H groups in total. The van der Waals surface area contributed by atoms with Gasteiger partial charge in [-0.15, -0.1) is 0 Å². The van der Waals surface area contributed by atoms with Gasteiger partial charge in [-0.05, 0) is 24.0 Å². The van der Waals surface area contributed by atoms with Gasteiger partial charge in [-0.2, -0.15) is 22.0 Å². The lowest BCUT2D eigenvalue weighted by molar-refractivity contribution is -0.255. The zero-order valence-corrected chi connectivity index (χ0v) is 11.9. The summed E-state index contributed by atoms with van der Waals surface area (Å²) >= 11 is 0. The molecule has 118 valence electrons. The summed E-state index contributed by atoms with van der Waals surface area (Å²) in [6.45, 7) is 3.65. The largest absolute Gasteiger partial charge is 0.461 e. The van der Waals surface area contributed by atoms with Gasteiger partial charge >= 0.3 is 12.1 Å². The van der Waals surface area contributed by atoms with E-state index in [4.69, 9.17) is 0 Å². The highest BCUT2D eigenvalue weighted by Crippen LogP contribution is 2.39. The van der Waals surface area contributed by atoms with Crippen LogP contribution in [-0.2, 0) is 12.8 Å². The molecular formula is C15H17F5O. The summed E-state index contributed by atoms with van der Waals surface area (Å²) in [5.41, 5.74) is 0.434. The molecule has 0 saturated carbocycles. The second-order valence-electron chi connectivity index (χ2n) is 4.84. The molecule has 0 amide bonds. The lowest BCUT2D eigenvalue weighted by Gasteiger charge is -2.21. The minimum absolute atomic E-state index is 0.297. The second-order valence-corrected chi connectivity index (χ2v) is 4.84. The van der Waals surface area contributed by atoms with Gasteiger partial charge in [0.05, 0.1) is 0 Å². The number of hydrogen-bond acceptors (Lipinski definition) is 1. The Morgan fingerprint density at radius 3 is 2.05 bits per heavy atom. The fourth-order valence-electron chi connectivity index (χ4n) is 2.19. The molecule has 0 saturated heterocycles. The lowest BCUT2D eigenvalue weighted by Crippen LogP contribution is -2.44. The van der Waals surface area contributed by atoms with Crippen LogP contribution in [0, 0.1) is 0 Å². The van der Waals surface area contributed by atoms with E-state index in [9.17, 15) is 26.7 Å². The average molecular weight is 308 g/mol. The molecule has 0 heterocycles. The molecule has 0 aliphatic carbocycles. The Kier molecular flexibility index (Phi) is 5.48. The number of aryl methyl sites for hydroxylation is 1. The average Bonchev–Trinajstić information content (AvgIpc) is 2.39. The number of rotatable bonds is 6. The SMILES string of the molecule is CCCc1cccc(C(=O)C(F)(F)C(F)(F)F)c1CCC. The van der Waals surface area contributed by atoms with E-state index in [1.54, 1.807) is 13.0 Å². The number of alkyl halides is 5. The fourth-order valence-corrected chi connectivity index (χ4v) is 2.19. The molecule has 0 aliphatic rings. The van der Waals surface area contributed by atoms with Gasteiger partial charge in [0.1, 0.15) is 0 Å². The maximum absolute atomic E-state index is 13.3. The Morgan fingerprint density at radius 1 is 1.00 bits per heavy atom. The topological polar surface area (TPSA) is 17.1 Å². The number of Topliss-reactive ketones (excluding diaryl/α,β-unsaturated/α-hetero) is 1. The maximum Gasteiger partial charge on any atom is 0.461 e. The highest BCUT2D eigenvalue weighted by Gasteiger charge is 2.63. The third-order valence-corrected chi connectivity index (χ3v) is 3.18. The summed E-state index contributed by atoms with van der Waals surface area (Å²) in [4.78, 5) is 11.7. The van der Waals surface area contributed by atoms with E-state index in [0.29, 0.717) is 36.8 Å². The molecule has 0 aromatic heterocycles. The van der Waals surface area contributed by atoms with Crippen molar-refractivity contribution >= 4 is 5.78 Å². The van der Waals surface area contributed by atoms with Crippen molar-refractivity contribution in [1.82, 2.24) is 0 Å². The van der Waals surface area contributed by atoms with Crippen LogP contribution in [-0.4, -0.2) is 17.9 Å². The van der Waals surface area contributed by atoms with E-state index < -0.39 is 23.4 Å². The zero-order chi connectivity index (χ0) is 16.3. The van der Waals surface area contributed by atoms with Gasteiger partial charge in [-0.1, -0.05) is 44.9 Å². The van der Waals surface area contributed by atoms with E-state index in [1.165, 1.54) is 6.07 Å². The monoisotopic (exact) mass is 308 g/mol. The van der Waals surface area contributed by atoms with Crippen molar-refractivity contribution in [2.75, 3.05) is 0 Å². The summed E-state index contributed by atoms with van der Waals surface area (Å²) in [6.07, 6.45) is -3.78.